The van der Waals surface area contributed by atoms with E-state index in [-0.39, 0.29) is 18.9 Å². The molecule has 0 saturated carbocycles. The van der Waals surface area contributed by atoms with Crippen molar-refractivity contribution < 1.29 is 15.3 Å². The average molecular weight is 131 g/mol. The maximum absolute atomic E-state index is 8.92. The second-order valence-electron chi connectivity index (χ2n) is 2.00. The first kappa shape index (κ1) is 6.67. The quantitative estimate of drug-likeness (QED) is 0.391. The topological polar surface area (TPSA) is 73.1 Å². The van der Waals surface area contributed by atoms with E-state index in [1.165, 1.54) is 0 Å². The Morgan fingerprint density at radius 2 is 2.22 bits per heavy atom. The van der Waals surface area contributed by atoms with Gasteiger partial charge in [0, 0.05) is 0 Å². The molecule has 0 aliphatic carbocycles. The molecule has 0 aromatic heterocycles. The Labute approximate surface area is 52.5 Å². The van der Waals surface area contributed by atoms with Crippen molar-refractivity contribution in [3.8, 4) is 0 Å². The van der Waals surface area contributed by atoms with Gasteiger partial charge in [-0.25, -0.2) is 0 Å². The van der Waals surface area contributed by atoms with Gasteiger partial charge >= 0.3 is 0 Å². The Hall–Kier alpha value is -0.450. The van der Waals surface area contributed by atoms with Gasteiger partial charge in [0.2, 0.25) is 0 Å². The van der Waals surface area contributed by atoms with Crippen LogP contribution in [0.2, 0.25) is 0 Å². The lowest BCUT2D eigenvalue weighted by molar-refractivity contribution is 0.0749. The van der Waals surface area contributed by atoms with Crippen molar-refractivity contribution in [1.29, 1.82) is 0 Å². The minimum atomic E-state index is -0.949. The summed E-state index contributed by atoms with van der Waals surface area (Å²) < 4.78 is 0. The largest absolute Gasteiger partial charge is 0.390 e. The van der Waals surface area contributed by atoms with Gasteiger partial charge in [-0.15, -0.1) is 0 Å². The lowest BCUT2D eigenvalue weighted by atomic mass is 10.2. The van der Waals surface area contributed by atoms with Gasteiger partial charge in [0.1, 0.15) is 12.2 Å². The van der Waals surface area contributed by atoms with E-state index in [2.05, 4.69) is 4.99 Å². The van der Waals surface area contributed by atoms with Gasteiger partial charge in [-0.05, 0) is 0 Å². The summed E-state index contributed by atoms with van der Waals surface area (Å²) >= 11 is 0. The SMILES string of the molecule is OCC1=NC[C@@H](O)[C@@H]1O. The van der Waals surface area contributed by atoms with Crippen LogP contribution in [-0.2, 0) is 0 Å². The fraction of sp³-hybridized carbons (Fsp3) is 0.800. The maximum Gasteiger partial charge on any atom is 0.122 e. The van der Waals surface area contributed by atoms with Crippen LogP contribution in [0.1, 0.15) is 0 Å². The van der Waals surface area contributed by atoms with Crippen LogP contribution in [0.3, 0.4) is 0 Å². The summed E-state index contributed by atoms with van der Waals surface area (Å²) in [4.78, 5) is 3.68. The molecule has 9 heavy (non-hydrogen) atoms. The fourth-order valence-electron chi connectivity index (χ4n) is 0.770. The molecule has 0 spiro atoms. The Bertz CT molecular complexity index is 134. The predicted molar refractivity (Wildman–Crippen MR) is 31.4 cm³/mol. The molecule has 3 N–H and O–H groups in total. The van der Waals surface area contributed by atoms with Gasteiger partial charge in [-0.3, -0.25) is 4.99 Å². The molecule has 0 amide bonds. The third-order valence-corrected chi connectivity index (χ3v) is 1.35. The summed E-state index contributed by atoms with van der Waals surface area (Å²) in [7, 11) is 0. The minimum Gasteiger partial charge on any atom is -0.390 e. The first-order valence-corrected chi connectivity index (χ1v) is 2.76. The van der Waals surface area contributed by atoms with E-state index in [0.29, 0.717) is 0 Å². The first-order valence-electron chi connectivity index (χ1n) is 2.76. The predicted octanol–water partition coefficient (Wildman–Crippen LogP) is -1.84. The summed E-state index contributed by atoms with van der Waals surface area (Å²) in [6.45, 7) is -0.0602. The average Bonchev–Trinajstić information content (AvgIpc) is 2.15. The van der Waals surface area contributed by atoms with Crippen molar-refractivity contribution in [2.24, 2.45) is 4.99 Å². The van der Waals surface area contributed by atoms with E-state index in [0.717, 1.165) is 0 Å². The Balaban J connectivity index is 2.55. The lowest BCUT2D eigenvalue weighted by Crippen LogP contribution is -2.30. The molecule has 0 aromatic carbocycles. The molecular weight excluding hydrogens is 122 g/mol. The van der Waals surface area contributed by atoms with E-state index >= 15 is 0 Å². The first-order chi connectivity index (χ1) is 4.25. The van der Waals surface area contributed by atoms with E-state index in [1.54, 1.807) is 0 Å². The second-order valence-corrected chi connectivity index (χ2v) is 2.00. The Morgan fingerprint density at radius 3 is 2.44 bits per heavy atom. The number of aliphatic hydroxyl groups is 3. The molecule has 0 aromatic rings. The highest BCUT2D eigenvalue weighted by Crippen LogP contribution is 2.05. The zero-order valence-electron chi connectivity index (χ0n) is 4.86. The maximum atomic E-state index is 8.92. The number of nitrogens with zero attached hydrogens (tertiary/aromatic N) is 1. The highest BCUT2D eigenvalue weighted by Gasteiger charge is 2.26. The van der Waals surface area contributed by atoms with E-state index in [1.807, 2.05) is 0 Å². The van der Waals surface area contributed by atoms with E-state index in [9.17, 15) is 0 Å². The zero-order valence-corrected chi connectivity index (χ0v) is 4.86. The number of aliphatic imine (C=N–C) groups is 1. The molecule has 0 fully saturated rings. The van der Waals surface area contributed by atoms with Gasteiger partial charge in [0.25, 0.3) is 0 Å². The Morgan fingerprint density at radius 1 is 1.56 bits per heavy atom. The van der Waals surface area contributed by atoms with Crippen LogP contribution >= 0.6 is 0 Å². The summed E-state index contributed by atoms with van der Waals surface area (Å²) in [6.07, 6.45) is -1.76. The molecule has 52 valence electrons. The van der Waals surface area contributed by atoms with Crippen molar-refractivity contribution in [3.63, 3.8) is 0 Å². The molecule has 1 heterocycles. The van der Waals surface area contributed by atoms with Gasteiger partial charge < -0.3 is 15.3 Å². The van der Waals surface area contributed by atoms with Crippen LogP contribution in [0, 0.1) is 0 Å². The van der Waals surface area contributed by atoms with Gasteiger partial charge in [0.05, 0.1) is 18.9 Å². The summed E-state index contributed by atoms with van der Waals surface area (Å²) in [5.74, 6) is 0. The van der Waals surface area contributed by atoms with Crippen molar-refractivity contribution in [1.82, 2.24) is 0 Å². The van der Waals surface area contributed by atoms with Gasteiger partial charge in [0.15, 0.2) is 0 Å². The normalized spacial score (nSPS) is 34.8. The number of aliphatic hydroxyl groups excluding tert-OH is 3. The molecule has 1 aliphatic heterocycles. The highest BCUT2D eigenvalue weighted by molar-refractivity contribution is 5.91. The van der Waals surface area contributed by atoms with Crippen LogP contribution < -0.4 is 0 Å². The summed E-state index contributed by atoms with van der Waals surface area (Å²) in [5, 5.41) is 26.2. The molecule has 0 bridgehead atoms. The summed E-state index contributed by atoms with van der Waals surface area (Å²) in [6, 6.07) is 0. The van der Waals surface area contributed by atoms with Crippen molar-refractivity contribution >= 4 is 5.71 Å². The number of rotatable bonds is 1. The van der Waals surface area contributed by atoms with E-state index < -0.39 is 12.2 Å². The minimum absolute atomic E-state index is 0.205. The molecule has 1 rings (SSSR count). The molecular formula is C5H9NO3. The van der Waals surface area contributed by atoms with Crippen molar-refractivity contribution in [2.75, 3.05) is 13.2 Å². The fourth-order valence-corrected chi connectivity index (χ4v) is 0.770. The Kier molecular flexibility index (Phi) is 1.80. The third kappa shape index (κ3) is 1.10. The van der Waals surface area contributed by atoms with Crippen molar-refractivity contribution in [2.45, 2.75) is 12.2 Å². The molecule has 1 aliphatic rings. The smallest absolute Gasteiger partial charge is 0.122 e. The molecule has 0 unspecified atom stereocenters. The van der Waals surface area contributed by atoms with E-state index in [4.69, 9.17) is 15.3 Å². The molecule has 0 saturated heterocycles. The molecule has 0 radical (unpaired) electrons. The van der Waals surface area contributed by atoms with Crippen LogP contribution in [0.25, 0.3) is 0 Å². The third-order valence-electron chi connectivity index (χ3n) is 1.35. The lowest BCUT2D eigenvalue weighted by Gasteiger charge is -2.06. The summed E-state index contributed by atoms with van der Waals surface area (Å²) in [5.41, 5.74) is 0.280. The van der Waals surface area contributed by atoms with Gasteiger partial charge in [-0.2, -0.15) is 0 Å². The number of hydrogen-bond donors (Lipinski definition) is 3. The monoisotopic (exact) mass is 131 g/mol. The van der Waals surface area contributed by atoms with Crippen molar-refractivity contribution in [3.05, 3.63) is 0 Å². The van der Waals surface area contributed by atoms with Crippen LogP contribution in [-0.4, -0.2) is 46.4 Å². The van der Waals surface area contributed by atoms with Gasteiger partial charge in [-0.1, -0.05) is 0 Å². The highest BCUT2D eigenvalue weighted by atomic mass is 16.3. The molecule has 4 nitrogen and oxygen atoms in total. The molecule has 2 atom stereocenters. The standard InChI is InChI=1S/C5H9NO3/c7-2-3-5(9)4(8)1-6-3/h4-5,7-9H,1-2H2/t4-,5-/m1/s1. The molecule has 4 heteroatoms. The van der Waals surface area contributed by atoms with Crippen LogP contribution in [0.5, 0.6) is 0 Å². The number of hydrogen-bond acceptors (Lipinski definition) is 4. The van der Waals surface area contributed by atoms with Crippen LogP contribution in [0.15, 0.2) is 4.99 Å². The van der Waals surface area contributed by atoms with Crippen LogP contribution in [0.4, 0.5) is 0 Å². The zero-order chi connectivity index (χ0) is 6.85. The second kappa shape index (κ2) is 2.43.